The number of benzene rings is 1. The van der Waals surface area contributed by atoms with Gasteiger partial charge in [-0.25, -0.2) is 0 Å². The smallest absolute Gasteiger partial charge is 0.124 e. The van der Waals surface area contributed by atoms with E-state index < -0.39 is 0 Å². The molecule has 0 amide bonds. The van der Waals surface area contributed by atoms with Crippen LogP contribution in [0.25, 0.3) is 0 Å². The maximum absolute atomic E-state index is 5.20. The van der Waals surface area contributed by atoms with Gasteiger partial charge in [-0.05, 0) is 25.8 Å². The standard InChI is InChI=1S/C12H17NO/c1-4-11(3)14-13-9-12-7-5-6-10(2)8-12/h5-9,11H,4H2,1-3H3. The van der Waals surface area contributed by atoms with E-state index in [0.717, 1.165) is 12.0 Å². The molecule has 1 rings (SSSR count). The molecule has 0 saturated heterocycles. The van der Waals surface area contributed by atoms with Crippen molar-refractivity contribution in [3.05, 3.63) is 35.4 Å². The molecule has 0 aliphatic rings. The van der Waals surface area contributed by atoms with E-state index in [1.54, 1.807) is 6.21 Å². The summed E-state index contributed by atoms with van der Waals surface area (Å²) in [6.45, 7) is 6.15. The Labute approximate surface area is 85.6 Å². The Morgan fingerprint density at radius 1 is 1.50 bits per heavy atom. The Morgan fingerprint density at radius 3 is 2.93 bits per heavy atom. The third kappa shape index (κ3) is 3.60. The Balaban J connectivity index is 2.51. The van der Waals surface area contributed by atoms with E-state index in [9.17, 15) is 0 Å². The lowest BCUT2D eigenvalue weighted by molar-refractivity contribution is 0.0712. The van der Waals surface area contributed by atoms with E-state index in [1.807, 2.05) is 19.1 Å². The largest absolute Gasteiger partial charge is 0.393 e. The molecule has 1 unspecified atom stereocenters. The van der Waals surface area contributed by atoms with Crippen molar-refractivity contribution >= 4 is 6.21 Å². The van der Waals surface area contributed by atoms with Crippen molar-refractivity contribution in [2.45, 2.75) is 33.3 Å². The third-order valence-corrected chi connectivity index (χ3v) is 2.06. The van der Waals surface area contributed by atoms with Gasteiger partial charge in [-0.2, -0.15) is 0 Å². The molecule has 0 heterocycles. The van der Waals surface area contributed by atoms with Crippen molar-refractivity contribution in [2.75, 3.05) is 0 Å². The molecule has 0 bridgehead atoms. The number of nitrogens with zero attached hydrogens (tertiary/aromatic N) is 1. The van der Waals surface area contributed by atoms with Gasteiger partial charge in [-0.1, -0.05) is 41.9 Å². The molecule has 1 aromatic rings. The van der Waals surface area contributed by atoms with Crippen LogP contribution in [0, 0.1) is 6.92 Å². The fraction of sp³-hybridized carbons (Fsp3) is 0.417. The highest BCUT2D eigenvalue weighted by molar-refractivity contribution is 5.79. The third-order valence-electron chi connectivity index (χ3n) is 2.06. The average molecular weight is 191 g/mol. The minimum Gasteiger partial charge on any atom is -0.393 e. The summed E-state index contributed by atoms with van der Waals surface area (Å²) in [6.07, 6.45) is 2.92. The summed E-state index contributed by atoms with van der Waals surface area (Å²) < 4.78 is 0. The summed E-state index contributed by atoms with van der Waals surface area (Å²) in [4.78, 5) is 5.20. The van der Waals surface area contributed by atoms with E-state index >= 15 is 0 Å². The molecule has 0 saturated carbocycles. The predicted molar refractivity (Wildman–Crippen MR) is 59.6 cm³/mol. The first-order valence-corrected chi connectivity index (χ1v) is 4.98. The predicted octanol–water partition coefficient (Wildman–Crippen LogP) is 3.14. The van der Waals surface area contributed by atoms with Crippen molar-refractivity contribution in [3.8, 4) is 0 Å². The van der Waals surface area contributed by atoms with Crippen molar-refractivity contribution < 1.29 is 4.84 Å². The Kier molecular flexibility index (Phi) is 4.17. The zero-order chi connectivity index (χ0) is 10.4. The van der Waals surface area contributed by atoms with Crippen LogP contribution in [0.1, 0.15) is 31.4 Å². The summed E-state index contributed by atoms with van der Waals surface area (Å²) in [5.41, 5.74) is 2.31. The first-order valence-electron chi connectivity index (χ1n) is 4.98. The molecule has 0 N–H and O–H groups in total. The second kappa shape index (κ2) is 5.43. The first-order chi connectivity index (χ1) is 6.72. The number of oxime groups is 1. The van der Waals surface area contributed by atoms with E-state index in [1.165, 1.54) is 5.56 Å². The zero-order valence-corrected chi connectivity index (χ0v) is 9.03. The number of rotatable bonds is 4. The minimum atomic E-state index is 0.191. The highest BCUT2D eigenvalue weighted by atomic mass is 16.6. The molecule has 0 spiro atoms. The van der Waals surface area contributed by atoms with Gasteiger partial charge in [0.05, 0.1) is 6.21 Å². The fourth-order valence-electron chi connectivity index (χ4n) is 1.02. The van der Waals surface area contributed by atoms with E-state index in [-0.39, 0.29) is 6.10 Å². The molecule has 1 aromatic carbocycles. The van der Waals surface area contributed by atoms with Crippen LogP contribution in [-0.4, -0.2) is 12.3 Å². The summed E-state index contributed by atoms with van der Waals surface area (Å²) in [6, 6.07) is 8.16. The van der Waals surface area contributed by atoms with Gasteiger partial charge in [0.15, 0.2) is 0 Å². The van der Waals surface area contributed by atoms with Gasteiger partial charge in [0, 0.05) is 0 Å². The van der Waals surface area contributed by atoms with Crippen LogP contribution in [0.2, 0.25) is 0 Å². The molecule has 2 heteroatoms. The average Bonchev–Trinajstić information content (AvgIpc) is 2.17. The Morgan fingerprint density at radius 2 is 2.29 bits per heavy atom. The maximum atomic E-state index is 5.20. The van der Waals surface area contributed by atoms with Gasteiger partial charge in [0.2, 0.25) is 0 Å². The Hall–Kier alpha value is -1.31. The molecule has 0 aliphatic heterocycles. The van der Waals surface area contributed by atoms with Crippen LogP contribution in [-0.2, 0) is 4.84 Å². The number of hydrogen-bond donors (Lipinski definition) is 0. The molecule has 0 aromatic heterocycles. The van der Waals surface area contributed by atoms with Gasteiger partial charge in [-0.3, -0.25) is 0 Å². The second-order valence-electron chi connectivity index (χ2n) is 3.47. The summed E-state index contributed by atoms with van der Waals surface area (Å²) >= 11 is 0. The fourth-order valence-corrected chi connectivity index (χ4v) is 1.02. The van der Waals surface area contributed by atoms with Gasteiger partial charge in [-0.15, -0.1) is 0 Å². The van der Waals surface area contributed by atoms with Crippen LogP contribution in [0.15, 0.2) is 29.4 Å². The summed E-state index contributed by atoms with van der Waals surface area (Å²) in [5, 5.41) is 3.93. The quantitative estimate of drug-likeness (QED) is 0.529. The molecule has 14 heavy (non-hydrogen) atoms. The van der Waals surface area contributed by atoms with Gasteiger partial charge >= 0.3 is 0 Å². The molecular weight excluding hydrogens is 174 g/mol. The van der Waals surface area contributed by atoms with Gasteiger partial charge in [0.25, 0.3) is 0 Å². The van der Waals surface area contributed by atoms with E-state index in [0.29, 0.717) is 0 Å². The van der Waals surface area contributed by atoms with Crippen LogP contribution >= 0.6 is 0 Å². The van der Waals surface area contributed by atoms with Gasteiger partial charge in [0.1, 0.15) is 6.10 Å². The second-order valence-corrected chi connectivity index (χ2v) is 3.47. The highest BCUT2D eigenvalue weighted by Gasteiger charge is 1.95. The molecule has 0 radical (unpaired) electrons. The first kappa shape index (κ1) is 10.8. The summed E-state index contributed by atoms with van der Waals surface area (Å²) in [5.74, 6) is 0. The maximum Gasteiger partial charge on any atom is 0.124 e. The topological polar surface area (TPSA) is 21.6 Å². The Bertz CT molecular complexity index is 307. The number of hydrogen-bond acceptors (Lipinski definition) is 2. The van der Waals surface area contributed by atoms with Crippen LogP contribution in [0.3, 0.4) is 0 Å². The van der Waals surface area contributed by atoms with Crippen molar-refractivity contribution in [2.24, 2.45) is 5.16 Å². The van der Waals surface area contributed by atoms with E-state index in [2.05, 4.69) is 31.1 Å². The lowest BCUT2D eigenvalue weighted by Crippen LogP contribution is -2.01. The molecular formula is C12H17NO. The van der Waals surface area contributed by atoms with E-state index in [4.69, 9.17) is 4.84 Å². The normalized spacial score (nSPS) is 13.1. The van der Waals surface area contributed by atoms with Crippen LogP contribution in [0.4, 0.5) is 0 Å². The van der Waals surface area contributed by atoms with Crippen molar-refractivity contribution in [3.63, 3.8) is 0 Å². The highest BCUT2D eigenvalue weighted by Crippen LogP contribution is 2.02. The van der Waals surface area contributed by atoms with Crippen LogP contribution in [0.5, 0.6) is 0 Å². The molecule has 2 nitrogen and oxygen atoms in total. The molecule has 0 aliphatic carbocycles. The number of aryl methyl sites for hydroxylation is 1. The SMILES string of the molecule is CCC(C)ON=Cc1cccc(C)c1. The minimum absolute atomic E-state index is 0.191. The zero-order valence-electron chi connectivity index (χ0n) is 9.03. The molecule has 0 fully saturated rings. The molecule has 76 valence electrons. The lowest BCUT2D eigenvalue weighted by Gasteiger charge is -2.04. The summed E-state index contributed by atoms with van der Waals surface area (Å²) in [7, 11) is 0. The van der Waals surface area contributed by atoms with Crippen molar-refractivity contribution in [1.82, 2.24) is 0 Å². The van der Waals surface area contributed by atoms with Crippen LogP contribution < -0.4 is 0 Å². The lowest BCUT2D eigenvalue weighted by atomic mass is 10.2. The molecule has 1 atom stereocenters. The van der Waals surface area contributed by atoms with Gasteiger partial charge < -0.3 is 4.84 Å². The van der Waals surface area contributed by atoms with Crippen molar-refractivity contribution in [1.29, 1.82) is 0 Å². The monoisotopic (exact) mass is 191 g/mol.